The number of piperidine rings is 1. The van der Waals surface area contributed by atoms with E-state index >= 15 is 0 Å². The lowest BCUT2D eigenvalue weighted by Gasteiger charge is -2.31. The largest absolute Gasteiger partial charge is 0.465 e. The number of rotatable bonds is 10. The van der Waals surface area contributed by atoms with Crippen LogP contribution in [-0.2, 0) is 16.4 Å². The molecular formula is C29H34N4O6S. The first-order chi connectivity index (χ1) is 19.1. The number of nitrogens with one attached hydrogen (secondary N) is 1. The Bertz CT molecular complexity index is 1430. The first-order valence-electron chi connectivity index (χ1n) is 13.3. The van der Waals surface area contributed by atoms with Gasteiger partial charge in [-0.05, 0) is 66.6 Å². The zero-order chi connectivity index (χ0) is 28.9. The quantitative estimate of drug-likeness (QED) is 0.237. The number of benzene rings is 3. The number of amides is 1. The van der Waals surface area contributed by atoms with Gasteiger partial charge in [0.2, 0.25) is 0 Å². The minimum absolute atomic E-state index is 0.0931. The lowest BCUT2D eigenvalue weighted by Crippen LogP contribution is -2.41. The summed E-state index contributed by atoms with van der Waals surface area (Å²) in [6.07, 6.45) is 0.948. The summed E-state index contributed by atoms with van der Waals surface area (Å²) in [5.41, 5.74) is 2.85. The van der Waals surface area contributed by atoms with Crippen molar-refractivity contribution < 1.29 is 23.2 Å². The molecule has 0 aromatic heterocycles. The molecule has 1 aliphatic heterocycles. The Morgan fingerprint density at radius 3 is 2.25 bits per heavy atom. The highest BCUT2D eigenvalue weighted by atomic mass is 32.2. The van der Waals surface area contributed by atoms with E-state index in [1.54, 1.807) is 12.1 Å². The van der Waals surface area contributed by atoms with Crippen LogP contribution >= 0.6 is 0 Å². The van der Waals surface area contributed by atoms with Crippen LogP contribution in [0.15, 0.2) is 77.7 Å². The summed E-state index contributed by atoms with van der Waals surface area (Å²) in [6.45, 7) is 5.18. The van der Waals surface area contributed by atoms with Crippen LogP contribution in [0.5, 0.6) is 0 Å². The summed E-state index contributed by atoms with van der Waals surface area (Å²) in [5, 5.41) is 24.2. The fourth-order valence-corrected chi connectivity index (χ4v) is 6.43. The molecule has 40 heavy (non-hydrogen) atoms. The normalized spacial score (nSPS) is 14.2. The van der Waals surface area contributed by atoms with Gasteiger partial charge in [0.05, 0.1) is 10.6 Å². The van der Waals surface area contributed by atoms with Crippen LogP contribution in [0.1, 0.15) is 43.7 Å². The van der Waals surface area contributed by atoms with Gasteiger partial charge in [-0.3, -0.25) is 14.4 Å². The smallest absolute Gasteiger partial charge is 0.407 e. The Kier molecular flexibility index (Phi) is 8.93. The van der Waals surface area contributed by atoms with Crippen LogP contribution in [0.2, 0.25) is 0 Å². The van der Waals surface area contributed by atoms with Crippen molar-refractivity contribution in [3.05, 3.63) is 94.0 Å². The molecule has 2 N–H and O–H groups in total. The molecule has 0 unspecified atom stereocenters. The molecule has 1 aliphatic rings. The minimum atomic E-state index is -4.24. The Labute approximate surface area is 234 Å². The fourth-order valence-electron chi connectivity index (χ4n) is 4.81. The molecule has 3 aromatic rings. The molecule has 1 saturated heterocycles. The standard InChI is InChI=1S/C29H34N4O6S/c1-21(2)23-9-13-26(14-10-23)32(40(38,39)28-6-4-3-5-27(28)33(36)37)20-15-22-7-11-24(12-8-22)30-25-16-18-31(19-17-25)29(34)35/h3-14,21,25,30H,15-20H2,1-2H3,(H,34,35). The number of nitro groups is 1. The average Bonchev–Trinajstić information content (AvgIpc) is 2.94. The van der Waals surface area contributed by atoms with Crippen molar-refractivity contribution in [2.24, 2.45) is 0 Å². The second kappa shape index (κ2) is 12.4. The van der Waals surface area contributed by atoms with E-state index in [0.29, 0.717) is 25.2 Å². The zero-order valence-electron chi connectivity index (χ0n) is 22.6. The number of hydrogen-bond acceptors (Lipinski definition) is 6. The number of nitrogens with zero attached hydrogens (tertiary/aromatic N) is 3. The molecule has 0 atom stereocenters. The Balaban J connectivity index is 1.52. The molecule has 10 nitrogen and oxygen atoms in total. The molecule has 1 fully saturated rings. The molecule has 1 heterocycles. The molecule has 0 bridgehead atoms. The van der Waals surface area contributed by atoms with Crippen LogP contribution in [0.4, 0.5) is 21.9 Å². The van der Waals surface area contributed by atoms with E-state index < -0.39 is 26.7 Å². The highest BCUT2D eigenvalue weighted by Crippen LogP contribution is 2.31. The van der Waals surface area contributed by atoms with E-state index in [9.17, 15) is 23.3 Å². The average molecular weight is 567 g/mol. The molecule has 0 aliphatic carbocycles. The van der Waals surface area contributed by atoms with Crippen LogP contribution in [0.25, 0.3) is 0 Å². The lowest BCUT2D eigenvalue weighted by atomic mass is 10.0. The Morgan fingerprint density at radius 1 is 1.05 bits per heavy atom. The summed E-state index contributed by atoms with van der Waals surface area (Å²) in [7, 11) is -4.24. The van der Waals surface area contributed by atoms with Gasteiger partial charge in [0.15, 0.2) is 4.90 Å². The minimum Gasteiger partial charge on any atom is -0.465 e. The van der Waals surface area contributed by atoms with Gasteiger partial charge in [-0.25, -0.2) is 13.2 Å². The van der Waals surface area contributed by atoms with Gasteiger partial charge in [0.25, 0.3) is 15.7 Å². The van der Waals surface area contributed by atoms with Crippen molar-refractivity contribution in [1.29, 1.82) is 0 Å². The van der Waals surface area contributed by atoms with Crippen molar-refractivity contribution in [2.45, 2.75) is 50.0 Å². The highest BCUT2D eigenvalue weighted by Gasteiger charge is 2.31. The maximum atomic E-state index is 13.8. The number of hydrogen-bond donors (Lipinski definition) is 2. The van der Waals surface area contributed by atoms with E-state index in [4.69, 9.17) is 5.11 Å². The number of likely N-dealkylation sites (tertiary alicyclic amines) is 1. The van der Waals surface area contributed by atoms with E-state index in [2.05, 4.69) is 5.32 Å². The topological polar surface area (TPSA) is 133 Å². The maximum Gasteiger partial charge on any atom is 0.407 e. The molecule has 0 radical (unpaired) electrons. The highest BCUT2D eigenvalue weighted by molar-refractivity contribution is 7.93. The van der Waals surface area contributed by atoms with E-state index in [1.165, 1.54) is 33.5 Å². The molecular weight excluding hydrogens is 532 g/mol. The van der Waals surface area contributed by atoms with Gasteiger partial charge in [-0.15, -0.1) is 0 Å². The second-order valence-corrected chi connectivity index (χ2v) is 12.0. The van der Waals surface area contributed by atoms with Gasteiger partial charge in [0, 0.05) is 37.4 Å². The third kappa shape index (κ3) is 6.71. The number of sulfonamides is 1. The zero-order valence-corrected chi connectivity index (χ0v) is 23.4. The SMILES string of the molecule is CC(C)c1ccc(N(CCc2ccc(NC3CCN(C(=O)O)CC3)cc2)S(=O)(=O)c2ccccc2[N+](=O)[O-])cc1. The van der Waals surface area contributed by atoms with Crippen LogP contribution in [0, 0.1) is 10.1 Å². The van der Waals surface area contributed by atoms with E-state index in [1.807, 2.05) is 50.2 Å². The predicted octanol–water partition coefficient (Wildman–Crippen LogP) is 5.71. The third-order valence-corrected chi connectivity index (χ3v) is 9.05. The van der Waals surface area contributed by atoms with Crippen LogP contribution in [-0.4, -0.2) is 55.1 Å². The summed E-state index contributed by atoms with van der Waals surface area (Å²) in [4.78, 5) is 23.2. The van der Waals surface area contributed by atoms with Gasteiger partial charge in [0.1, 0.15) is 0 Å². The van der Waals surface area contributed by atoms with Crippen molar-refractivity contribution >= 4 is 33.2 Å². The molecule has 0 saturated carbocycles. The molecule has 212 valence electrons. The molecule has 0 spiro atoms. The van der Waals surface area contributed by atoms with Gasteiger partial charge in [-0.1, -0.05) is 50.2 Å². The van der Waals surface area contributed by atoms with Crippen molar-refractivity contribution in [3.8, 4) is 0 Å². The number of carbonyl (C=O) groups is 1. The van der Waals surface area contributed by atoms with Crippen molar-refractivity contribution in [1.82, 2.24) is 4.90 Å². The van der Waals surface area contributed by atoms with Crippen molar-refractivity contribution in [2.75, 3.05) is 29.3 Å². The van der Waals surface area contributed by atoms with Crippen LogP contribution in [0.3, 0.4) is 0 Å². The maximum absolute atomic E-state index is 13.8. The summed E-state index contributed by atoms with van der Waals surface area (Å²) in [5.74, 6) is 0.270. The summed E-state index contributed by atoms with van der Waals surface area (Å²) in [6, 6.07) is 20.5. The first kappa shape index (κ1) is 28.9. The molecule has 3 aromatic carbocycles. The van der Waals surface area contributed by atoms with E-state index in [0.717, 1.165) is 29.7 Å². The van der Waals surface area contributed by atoms with Gasteiger partial charge >= 0.3 is 6.09 Å². The van der Waals surface area contributed by atoms with Gasteiger partial charge in [-0.2, -0.15) is 0 Å². The first-order valence-corrected chi connectivity index (χ1v) is 14.7. The number of anilines is 2. The molecule has 4 rings (SSSR count). The number of para-hydroxylation sites is 1. The Hall–Kier alpha value is -4.12. The van der Waals surface area contributed by atoms with E-state index in [-0.39, 0.29) is 23.4 Å². The monoisotopic (exact) mass is 566 g/mol. The summed E-state index contributed by atoms with van der Waals surface area (Å²) >= 11 is 0. The van der Waals surface area contributed by atoms with Crippen LogP contribution < -0.4 is 9.62 Å². The molecule has 1 amide bonds. The lowest BCUT2D eigenvalue weighted by molar-refractivity contribution is -0.387. The third-order valence-electron chi connectivity index (χ3n) is 7.17. The number of nitro benzene ring substituents is 1. The van der Waals surface area contributed by atoms with Crippen molar-refractivity contribution in [3.63, 3.8) is 0 Å². The molecule has 11 heteroatoms. The fraction of sp³-hybridized carbons (Fsp3) is 0.345. The second-order valence-electron chi connectivity index (χ2n) is 10.2. The summed E-state index contributed by atoms with van der Waals surface area (Å²) < 4.78 is 28.9. The predicted molar refractivity (Wildman–Crippen MR) is 155 cm³/mol. The Morgan fingerprint density at radius 2 is 1.68 bits per heavy atom. The van der Waals surface area contributed by atoms with Gasteiger partial charge < -0.3 is 15.3 Å². The number of carboxylic acid groups (broad SMARTS) is 1.